The van der Waals surface area contributed by atoms with E-state index in [-0.39, 0.29) is 11.1 Å². The first-order valence-corrected chi connectivity index (χ1v) is 10.1. The Morgan fingerprint density at radius 1 is 1.15 bits per heavy atom. The summed E-state index contributed by atoms with van der Waals surface area (Å²) in [6, 6.07) is 8.06. The van der Waals surface area contributed by atoms with Gasteiger partial charge in [0.15, 0.2) is 5.03 Å². The van der Waals surface area contributed by atoms with Crippen LogP contribution in [0.2, 0.25) is 0 Å². The molecular formula is C18H22N4O3S. The van der Waals surface area contributed by atoms with Gasteiger partial charge in [0.25, 0.3) is 10.0 Å². The van der Waals surface area contributed by atoms with Crippen molar-refractivity contribution in [1.82, 2.24) is 18.4 Å². The lowest BCUT2D eigenvalue weighted by Gasteiger charge is -2.31. The smallest absolute Gasteiger partial charge is 0.262 e. The number of fused-ring (bicyclic) bond motifs is 1. The first kappa shape index (κ1) is 17.1. The Morgan fingerprint density at radius 2 is 1.92 bits per heavy atom. The van der Waals surface area contributed by atoms with Gasteiger partial charge in [0.1, 0.15) is 11.9 Å². The normalized spacial score (nSPS) is 17.0. The van der Waals surface area contributed by atoms with E-state index < -0.39 is 10.0 Å². The van der Waals surface area contributed by atoms with Gasteiger partial charge in [-0.1, -0.05) is 6.07 Å². The van der Waals surface area contributed by atoms with Crippen molar-refractivity contribution in [2.24, 2.45) is 14.1 Å². The number of aromatic nitrogens is 3. The molecule has 0 spiro atoms. The monoisotopic (exact) mass is 374 g/mol. The Hall–Kier alpha value is -2.32. The molecule has 0 N–H and O–H groups in total. The molecule has 0 atom stereocenters. The topological polar surface area (TPSA) is 69.4 Å². The Kier molecular flexibility index (Phi) is 4.24. The zero-order chi connectivity index (χ0) is 18.3. The van der Waals surface area contributed by atoms with Crippen molar-refractivity contribution < 1.29 is 13.2 Å². The van der Waals surface area contributed by atoms with E-state index in [2.05, 4.69) is 15.6 Å². The van der Waals surface area contributed by atoms with E-state index in [0.717, 1.165) is 16.7 Å². The lowest BCUT2D eigenvalue weighted by molar-refractivity contribution is 0.136. The van der Waals surface area contributed by atoms with Gasteiger partial charge in [-0.05, 0) is 31.0 Å². The van der Waals surface area contributed by atoms with E-state index in [0.29, 0.717) is 25.9 Å². The average Bonchev–Trinajstić information content (AvgIpc) is 3.23. The van der Waals surface area contributed by atoms with Gasteiger partial charge in [-0.15, -0.1) is 0 Å². The second kappa shape index (κ2) is 6.44. The van der Waals surface area contributed by atoms with Gasteiger partial charge in [-0.25, -0.2) is 13.4 Å². The number of aryl methyl sites for hydroxylation is 2. The van der Waals surface area contributed by atoms with Crippen molar-refractivity contribution >= 4 is 20.9 Å². The number of hydrogen-bond acceptors (Lipinski definition) is 4. The molecule has 1 aliphatic heterocycles. The molecule has 0 radical (unpaired) electrons. The van der Waals surface area contributed by atoms with Crippen LogP contribution in [0.3, 0.4) is 0 Å². The van der Waals surface area contributed by atoms with E-state index in [4.69, 9.17) is 4.74 Å². The van der Waals surface area contributed by atoms with Crippen LogP contribution in [0, 0.1) is 0 Å². The highest BCUT2D eigenvalue weighted by molar-refractivity contribution is 7.89. The summed E-state index contributed by atoms with van der Waals surface area (Å²) in [4.78, 5) is 3.99. The molecule has 0 bridgehead atoms. The molecule has 1 aromatic carbocycles. The van der Waals surface area contributed by atoms with Gasteiger partial charge >= 0.3 is 0 Å². The van der Waals surface area contributed by atoms with Crippen LogP contribution >= 0.6 is 0 Å². The maximum atomic E-state index is 12.6. The second-order valence-electron chi connectivity index (χ2n) is 6.71. The van der Waals surface area contributed by atoms with Crippen LogP contribution in [-0.2, 0) is 24.1 Å². The molecule has 1 fully saturated rings. The molecule has 3 aromatic rings. The number of piperidine rings is 1. The molecular weight excluding hydrogens is 352 g/mol. The summed E-state index contributed by atoms with van der Waals surface area (Å²) in [6.07, 6.45) is 6.39. The van der Waals surface area contributed by atoms with Crippen LogP contribution < -0.4 is 4.74 Å². The highest BCUT2D eigenvalue weighted by Crippen LogP contribution is 2.29. The first-order valence-electron chi connectivity index (χ1n) is 8.64. The third-order valence-corrected chi connectivity index (χ3v) is 6.65. The summed E-state index contributed by atoms with van der Waals surface area (Å²) in [5, 5.41) is 1.19. The van der Waals surface area contributed by atoms with Crippen LogP contribution in [-0.4, -0.2) is 46.0 Å². The Bertz CT molecular complexity index is 1030. The molecule has 3 heterocycles. The summed E-state index contributed by atoms with van der Waals surface area (Å²) >= 11 is 0. The summed E-state index contributed by atoms with van der Waals surface area (Å²) < 4.78 is 36.7. The highest BCUT2D eigenvalue weighted by Gasteiger charge is 2.31. The van der Waals surface area contributed by atoms with Crippen molar-refractivity contribution in [3.05, 3.63) is 43.0 Å². The number of benzene rings is 1. The van der Waals surface area contributed by atoms with Gasteiger partial charge in [0.2, 0.25) is 0 Å². The van der Waals surface area contributed by atoms with E-state index in [1.54, 1.807) is 11.6 Å². The number of sulfonamides is 1. The van der Waals surface area contributed by atoms with Crippen LogP contribution in [0.4, 0.5) is 0 Å². The largest absolute Gasteiger partial charge is 0.490 e. The molecule has 4 rings (SSSR count). The molecule has 0 unspecified atom stereocenters. The van der Waals surface area contributed by atoms with Crippen LogP contribution in [0.25, 0.3) is 10.9 Å². The first-order chi connectivity index (χ1) is 12.4. The lowest BCUT2D eigenvalue weighted by Crippen LogP contribution is -2.41. The molecule has 2 aromatic heterocycles. The van der Waals surface area contributed by atoms with E-state index in [1.807, 2.05) is 31.4 Å². The maximum Gasteiger partial charge on any atom is 0.262 e. The van der Waals surface area contributed by atoms with Gasteiger partial charge in [0.05, 0.1) is 11.8 Å². The lowest BCUT2D eigenvalue weighted by atomic mass is 10.1. The summed E-state index contributed by atoms with van der Waals surface area (Å²) in [7, 11) is 0.241. The zero-order valence-electron chi connectivity index (χ0n) is 14.9. The minimum absolute atomic E-state index is 0.0102. The third-order valence-electron chi connectivity index (χ3n) is 4.87. The molecule has 1 saturated heterocycles. The fourth-order valence-corrected chi connectivity index (χ4v) is 4.84. The average molecular weight is 374 g/mol. The quantitative estimate of drug-likeness (QED) is 0.702. The number of ether oxygens (including phenoxy) is 1. The van der Waals surface area contributed by atoms with E-state index in [9.17, 15) is 8.42 Å². The van der Waals surface area contributed by atoms with Crippen molar-refractivity contribution in [1.29, 1.82) is 0 Å². The molecule has 8 heteroatoms. The van der Waals surface area contributed by atoms with E-state index in [1.165, 1.54) is 16.8 Å². The minimum Gasteiger partial charge on any atom is -0.490 e. The predicted molar refractivity (Wildman–Crippen MR) is 98.5 cm³/mol. The minimum atomic E-state index is -3.53. The number of rotatable bonds is 4. The van der Waals surface area contributed by atoms with Crippen molar-refractivity contribution in [2.45, 2.75) is 24.0 Å². The summed E-state index contributed by atoms with van der Waals surface area (Å²) in [6.45, 7) is 0.878. The number of nitrogens with zero attached hydrogens (tertiary/aromatic N) is 4. The molecule has 1 aliphatic rings. The summed E-state index contributed by atoms with van der Waals surface area (Å²) in [5.41, 5.74) is 1.12. The maximum absolute atomic E-state index is 12.6. The zero-order valence-corrected chi connectivity index (χ0v) is 15.7. The van der Waals surface area contributed by atoms with Gasteiger partial charge in [-0.2, -0.15) is 4.31 Å². The SMILES string of the molecule is Cn1cnc(S(=O)(=O)N2CCC(Oc3cccc4c3ccn4C)CC2)c1. The number of hydrogen-bond donors (Lipinski definition) is 0. The van der Waals surface area contributed by atoms with Crippen LogP contribution in [0.5, 0.6) is 5.75 Å². The van der Waals surface area contributed by atoms with Gasteiger partial charge in [0, 0.05) is 45.0 Å². The van der Waals surface area contributed by atoms with Crippen molar-refractivity contribution in [3.8, 4) is 5.75 Å². The Balaban J connectivity index is 1.45. The molecule has 0 amide bonds. The summed E-state index contributed by atoms with van der Waals surface area (Å²) in [5.74, 6) is 0.856. The standard InChI is InChI=1S/C18H22N4O3S/c1-20-12-18(19-13-20)26(23,24)22-10-6-14(7-11-22)25-17-5-3-4-16-15(17)8-9-21(16)2/h3-5,8-9,12-14H,6-7,10-11H2,1-2H3. The highest BCUT2D eigenvalue weighted by atomic mass is 32.2. The van der Waals surface area contributed by atoms with Crippen molar-refractivity contribution in [2.75, 3.05) is 13.1 Å². The van der Waals surface area contributed by atoms with Crippen LogP contribution in [0.15, 0.2) is 48.0 Å². The van der Waals surface area contributed by atoms with Crippen molar-refractivity contribution in [3.63, 3.8) is 0 Å². The number of imidazole rings is 1. The third kappa shape index (κ3) is 2.99. The Morgan fingerprint density at radius 3 is 2.62 bits per heavy atom. The van der Waals surface area contributed by atoms with Gasteiger partial charge < -0.3 is 13.9 Å². The van der Waals surface area contributed by atoms with Crippen LogP contribution in [0.1, 0.15) is 12.8 Å². The van der Waals surface area contributed by atoms with E-state index >= 15 is 0 Å². The molecule has 0 saturated carbocycles. The van der Waals surface area contributed by atoms with Gasteiger partial charge in [-0.3, -0.25) is 0 Å². The fourth-order valence-electron chi connectivity index (χ4n) is 3.40. The fraction of sp³-hybridized carbons (Fsp3) is 0.389. The predicted octanol–water partition coefficient (Wildman–Crippen LogP) is 2.14. The molecule has 26 heavy (non-hydrogen) atoms. The molecule has 0 aliphatic carbocycles. The Labute approximate surface area is 152 Å². The molecule has 7 nitrogen and oxygen atoms in total. The molecule has 138 valence electrons. The second-order valence-corrected chi connectivity index (χ2v) is 8.60.